The Bertz CT molecular complexity index is 821. The molecule has 0 N–H and O–H groups in total. The molecule has 0 aliphatic heterocycles. The van der Waals surface area contributed by atoms with Gasteiger partial charge in [-0.3, -0.25) is 4.79 Å². The van der Waals surface area contributed by atoms with Gasteiger partial charge in [0.1, 0.15) is 5.82 Å². The summed E-state index contributed by atoms with van der Waals surface area (Å²) in [5.74, 6) is 0.744. The highest BCUT2D eigenvalue weighted by Gasteiger charge is 2.14. The lowest BCUT2D eigenvalue weighted by Gasteiger charge is -2.04. The number of ketones is 1. The van der Waals surface area contributed by atoms with Gasteiger partial charge in [0.05, 0.1) is 17.5 Å². The second kappa shape index (κ2) is 5.62. The van der Waals surface area contributed by atoms with Crippen molar-refractivity contribution in [2.75, 3.05) is 0 Å². The molecule has 0 saturated carbocycles. The van der Waals surface area contributed by atoms with Crippen molar-refractivity contribution in [1.29, 1.82) is 0 Å². The molecule has 0 bridgehead atoms. The van der Waals surface area contributed by atoms with Crippen LogP contribution in [0.5, 0.6) is 0 Å². The van der Waals surface area contributed by atoms with E-state index in [1.54, 1.807) is 18.2 Å². The number of benzene rings is 2. The van der Waals surface area contributed by atoms with Gasteiger partial charge in [0.25, 0.3) is 0 Å². The zero-order chi connectivity index (χ0) is 15.0. The fourth-order valence-corrected chi connectivity index (χ4v) is 3.17. The first kappa shape index (κ1) is 14.3. The molecule has 0 aliphatic carbocycles. The van der Waals surface area contributed by atoms with Crippen LogP contribution in [0.1, 0.15) is 16.2 Å². The maximum Gasteiger partial charge on any atom is 0.170 e. The van der Waals surface area contributed by atoms with Crippen molar-refractivity contribution >= 4 is 44.3 Å². The highest BCUT2D eigenvalue weighted by atomic mass is 79.9. The molecule has 0 atom stereocenters. The molecule has 3 nitrogen and oxygen atoms in total. The summed E-state index contributed by atoms with van der Waals surface area (Å²) < 4.78 is 2.75. The van der Waals surface area contributed by atoms with E-state index in [1.165, 1.54) is 0 Å². The van der Waals surface area contributed by atoms with E-state index >= 15 is 0 Å². The van der Waals surface area contributed by atoms with Gasteiger partial charge >= 0.3 is 0 Å². The van der Waals surface area contributed by atoms with Gasteiger partial charge in [0.2, 0.25) is 0 Å². The minimum atomic E-state index is -0.00314. The van der Waals surface area contributed by atoms with E-state index in [-0.39, 0.29) is 12.2 Å². The van der Waals surface area contributed by atoms with E-state index in [2.05, 4.69) is 20.9 Å². The van der Waals surface area contributed by atoms with Crippen LogP contribution in [0, 0.1) is 0 Å². The largest absolute Gasteiger partial charge is 0.331 e. The monoisotopic (exact) mass is 362 g/mol. The topological polar surface area (TPSA) is 34.9 Å². The maximum atomic E-state index is 12.4. The Kier molecular flexibility index (Phi) is 3.83. The van der Waals surface area contributed by atoms with Crippen LogP contribution in [0.4, 0.5) is 0 Å². The molecule has 0 spiro atoms. The number of hydrogen-bond acceptors (Lipinski definition) is 2. The van der Waals surface area contributed by atoms with Crippen molar-refractivity contribution in [1.82, 2.24) is 9.55 Å². The summed E-state index contributed by atoms with van der Waals surface area (Å²) in [4.78, 5) is 16.9. The van der Waals surface area contributed by atoms with E-state index in [0.717, 1.165) is 21.3 Å². The molecule has 106 valence electrons. The first-order chi connectivity index (χ1) is 10.0. The van der Waals surface area contributed by atoms with Crippen LogP contribution >= 0.6 is 27.5 Å². The smallest absolute Gasteiger partial charge is 0.170 e. The minimum absolute atomic E-state index is 0.00314. The van der Waals surface area contributed by atoms with Gasteiger partial charge in [-0.1, -0.05) is 39.7 Å². The van der Waals surface area contributed by atoms with Gasteiger partial charge in [-0.25, -0.2) is 4.98 Å². The summed E-state index contributed by atoms with van der Waals surface area (Å²) in [7, 11) is 1.92. The van der Waals surface area contributed by atoms with Crippen LogP contribution in [0.25, 0.3) is 11.0 Å². The number of aromatic nitrogens is 2. The van der Waals surface area contributed by atoms with Crippen molar-refractivity contribution in [3.05, 3.63) is 63.3 Å². The Balaban J connectivity index is 1.94. The molecular weight excluding hydrogens is 352 g/mol. The van der Waals surface area contributed by atoms with Gasteiger partial charge in [-0.15, -0.1) is 0 Å². The fourth-order valence-electron chi connectivity index (χ4n) is 2.31. The molecule has 0 radical (unpaired) electrons. The average molecular weight is 364 g/mol. The molecule has 1 aromatic heterocycles. The first-order valence-electron chi connectivity index (χ1n) is 6.44. The van der Waals surface area contributed by atoms with Crippen LogP contribution in [0.2, 0.25) is 5.02 Å². The maximum absolute atomic E-state index is 12.4. The first-order valence-corrected chi connectivity index (χ1v) is 7.61. The number of aryl methyl sites for hydroxylation is 1. The number of Topliss-reactive ketones (excluding diaryl/α,β-unsaturated/α-hetero) is 1. The summed E-state index contributed by atoms with van der Waals surface area (Å²) in [6.07, 6.45) is 0.248. The Hall–Kier alpha value is -1.65. The number of carbonyl (C=O) groups is 1. The molecule has 3 rings (SSSR count). The SMILES string of the molecule is Cn1c(CC(=O)c2cc(Cl)cc(Br)c2)nc2ccccc21. The predicted octanol–water partition coefficient (Wildman–Crippen LogP) is 4.41. The molecule has 5 heteroatoms. The number of halogens is 2. The third-order valence-corrected chi connectivity index (χ3v) is 4.06. The van der Waals surface area contributed by atoms with Crippen molar-refractivity contribution < 1.29 is 4.79 Å². The number of fused-ring (bicyclic) bond motifs is 1. The van der Waals surface area contributed by atoms with E-state index < -0.39 is 0 Å². The summed E-state index contributed by atoms with van der Waals surface area (Å²) in [5, 5.41) is 0.540. The lowest BCUT2D eigenvalue weighted by molar-refractivity contribution is 0.0990. The Morgan fingerprint density at radius 1 is 1.29 bits per heavy atom. The van der Waals surface area contributed by atoms with Crippen LogP contribution in [0.3, 0.4) is 0 Å². The Labute approximate surface area is 135 Å². The van der Waals surface area contributed by atoms with E-state index in [9.17, 15) is 4.79 Å². The predicted molar refractivity (Wildman–Crippen MR) is 87.9 cm³/mol. The van der Waals surface area contributed by atoms with Crippen molar-refractivity contribution in [3.63, 3.8) is 0 Å². The van der Waals surface area contributed by atoms with Crippen LogP contribution in [-0.2, 0) is 13.5 Å². The highest BCUT2D eigenvalue weighted by molar-refractivity contribution is 9.10. The lowest BCUT2D eigenvalue weighted by Crippen LogP contribution is -2.08. The minimum Gasteiger partial charge on any atom is -0.331 e. The highest BCUT2D eigenvalue weighted by Crippen LogP contribution is 2.21. The van der Waals surface area contributed by atoms with Crippen LogP contribution in [0.15, 0.2) is 46.9 Å². The third kappa shape index (κ3) is 2.87. The molecule has 0 saturated heterocycles. The number of para-hydroxylation sites is 2. The second-order valence-corrected chi connectivity index (χ2v) is 6.19. The van der Waals surface area contributed by atoms with E-state index in [4.69, 9.17) is 11.6 Å². The zero-order valence-electron chi connectivity index (χ0n) is 11.3. The number of carbonyl (C=O) groups excluding carboxylic acids is 1. The Morgan fingerprint density at radius 2 is 2.05 bits per heavy atom. The Morgan fingerprint density at radius 3 is 2.76 bits per heavy atom. The second-order valence-electron chi connectivity index (χ2n) is 4.83. The molecule has 0 aliphatic rings. The summed E-state index contributed by atoms with van der Waals surface area (Å²) in [5.41, 5.74) is 2.50. The van der Waals surface area contributed by atoms with Crippen LogP contribution < -0.4 is 0 Å². The molecular formula is C16H12BrClN2O. The van der Waals surface area contributed by atoms with Gasteiger partial charge in [-0.05, 0) is 30.3 Å². The van der Waals surface area contributed by atoms with Gasteiger partial charge in [0.15, 0.2) is 5.78 Å². The lowest BCUT2D eigenvalue weighted by atomic mass is 10.1. The molecule has 0 unspecified atom stereocenters. The van der Waals surface area contributed by atoms with Gasteiger partial charge < -0.3 is 4.57 Å². The standard InChI is InChI=1S/C16H12BrClN2O/c1-20-14-5-3-2-4-13(14)19-16(20)9-15(21)10-6-11(17)8-12(18)7-10/h2-8H,9H2,1H3. The number of imidazole rings is 1. The van der Waals surface area contributed by atoms with E-state index in [1.807, 2.05) is 35.9 Å². The van der Waals surface area contributed by atoms with Crippen molar-refractivity contribution in [2.24, 2.45) is 7.05 Å². The molecule has 0 amide bonds. The molecule has 0 fully saturated rings. The van der Waals surface area contributed by atoms with Gasteiger partial charge in [0, 0.05) is 22.1 Å². The van der Waals surface area contributed by atoms with E-state index in [0.29, 0.717) is 10.6 Å². The molecule has 1 heterocycles. The van der Waals surface area contributed by atoms with Crippen molar-refractivity contribution in [3.8, 4) is 0 Å². The molecule has 2 aromatic carbocycles. The van der Waals surface area contributed by atoms with Crippen molar-refractivity contribution in [2.45, 2.75) is 6.42 Å². The normalized spacial score (nSPS) is 11.0. The van der Waals surface area contributed by atoms with Gasteiger partial charge in [-0.2, -0.15) is 0 Å². The number of hydrogen-bond donors (Lipinski definition) is 0. The quantitative estimate of drug-likeness (QED) is 0.646. The van der Waals surface area contributed by atoms with Crippen LogP contribution in [-0.4, -0.2) is 15.3 Å². The number of nitrogens with zero attached hydrogens (tertiary/aromatic N) is 2. The third-order valence-electron chi connectivity index (χ3n) is 3.38. The average Bonchev–Trinajstić information content (AvgIpc) is 2.75. The summed E-state index contributed by atoms with van der Waals surface area (Å²) in [6, 6.07) is 13.0. The molecule has 21 heavy (non-hydrogen) atoms. The molecule has 3 aromatic rings. The zero-order valence-corrected chi connectivity index (χ0v) is 13.6. The summed E-state index contributed by atoms with van der Waals surface area (Å²) >= 11 is 9.34. The fraction of sp³-hybridized carbons (Fsp3) is 0.125. The number of rotatable bonds is 3. The summed E-state index contributed by atoms with van der Waals surface area (Å²) in [6.45, 7) is 0.